The van der Waals surface area contributed by atoms with Crippen molar-refractivity contribution in [3.63, 3.8) is 0 Å². The molecule has 0 spiro atoms. The summed E-state index contributed by atoms with van der Waals surface area (Å²) in [6, 6.07) is 28.5. The molecular formula is C27H25N3OS. The number of thiazole rings is 1. The van der Waals surface area contributed by atoms with Crippen LogP contribution in [0.25, 0.3) is 0 Å². The van der Waals surface area contributed by atoms with Crippen molar-refractivity contribution in [1.29, 1.82) is 0 Å². The average molecular weight is 440 g/mol. The SMILES string of the molecule is O=C(Nc1nc(CN2CCc3ccccc3C2)cs1)C(c1ccccc1)c1ccccc1. The van der Waals surface area contributed by atoms with Gasteiger partial charge in [-0.25, -0.2) is 4.98 Å². The summed E-state index contributed by atoms with van der Waals surface area (Å²) in [4.78, 5) is 20.4. The Morgan fingerprint density at radius 3 is 2.22 bits per heavy atom. The molecule has 1 aliphatic rings. The van der Waals surface area contributed by atoms with E-state index in [9.17, 15) is 4.79 Å². The predicted molar refractivity (Wildman–Crippen MR) is 130 cm³/mol. The van der Waals surface area contributed by atoms with Gasteiger partial charge in [0.15, 0.2) is 5.13 Å². The summed E-state index contributed by atoms with van der Waals surface area (Å²) < 4.78 is 0. The van der Waals surface area contributed by atoms with E-state index in [2.05, 4.69) is 39.9 Å². The Hall–Kier alpha value is -3.28. The Labute approximate surface area is 192 Å². The van der Waals surface area contributed by atoms with Crippen LogP contribution in [-0.2, 0) is 24.3 Å². The summed E-state index contributed by atoms with van der Waals surface area (Å²) in [5.41, 5.74) is 5.79. The lowest BCUT2D eigenvalue weighted by molar-refractivity contribution is -0.116. The summed E-state index contributed by atoms with van der Waals surface area (Å²) in [5.74, 6) is -0.432. The zero-order valence-electron chi connectivity index (χ0n) is 17.8. The monoisotopic (exact) mass is 439 g/mol. The van der Waals surface area contributed by atoms with Crippen molar-refractivity contribution in [3.05, 3.63) is 118 Å². The molecule has 1 aliphatic heterocycles. The van der Waals surface area contributed by atoms with Crippen LogP contribution in [0, 0.1) is 0 Å². The molecule has 0 atom stereocenters. The fourth-order valence-electron chi connectivity index (χ4n) is 4.32. The predicted octanol–water partition coefficient (Wildman–Crippen LogP) is 5.47. The van der Waals surface area contributed by atoms with Gasteiger partial charge in [-0.3, -0.25) is 9.69 Å². The first-order valence-corrected chi connectivity index (χ1v) is 11.8. The van der Waals surface area contributed by atoms with Crippen molar-refractivity contribution in [2.24, 2.45) is 0 Å². The molecule has 1 N–H and O–H groups in total. The minimum absolute atomic E-state index is 0.0600. The third-order valence-corrected chi connectivity index (χ3v) is 6.71. The molecule has 0 bridgehead atoms. The van der Waals surface area contributed by atoms with Crippen molar-refractivity contribution in [1.82, 2.24) is 9.88 Å². The van der Waals surface area contributed by atoms with Gasteiger partial charge >= 0.3 is 0 Å². The van der Waals surface area contributed by atoms with Crippen LogP contribution < -0.4 is 5.32 Å². The standard InChI is InChI=1S/C27H25N3OS/c31-26(25(21-10-3-1-4-11-21)22-12-5-2-6-13-22)29-27-28-24(19-32-27)18-30-16-15-20-9-7-8-14-23(20)17-30/h1-14,19,25H,15-18H2,(H,28,29,31). The lowest BCUT2D eigenvalue weighted by Gasteiger charge is -2.27. The van der Waals surface area contributed by atoms with Gasteiger partial charge in [0, 0.05) is 25.0 Å². The van der Waals surface area contributed by atoms with Crippen LogP contribution >= 0.6 is 11.3 Å². The number of nitrogens with one attached hydrogen (secondary N) is 1. The van der Waals surface area contributed by atoms with E-state index in [1.54, 1.807) is 0 Å². The van der Waals surface area contributed by atoms with E-state index >= 15 is 0 Å². The minimum atomic E-state index is -0.372. The number of anilines is 1. The molecule has 160 valence electrons. The Kier molecular flexibility index (Phi) is 6.10. The third-order valence-electron chi connectivity index (χ3n) is 5.91. The molecule has 2 heterocycles. The first-order valence-electron chi connectivity index (χ1n) is 10.9. The van der Waals surface area contributed by atoms with Crippen LogP contribution in [0.3, 0.4) is 0 Å². The van der Waals surface area contributed by atoms with E-state index in [1.807, 2.05) is 60.7 Å². The van der Waals surface area contributed by atoms with Gasteiger partial charge in [-0.05, 0) is 28.7 Å². The highest BCUT2D eigenvalue weighted by molar-refractivity contribution is 7.13. The number of fused-ring (bicyclic) bond motifs is 1. The van der Waals surface area contributed by atoms with Gasteiger partial charge in [0.1, 0.15) is 0 Å². The van der Waals surface area contributed by atoms with Gasteiger partial charge in [-0.2, -0.15) is 0 Å². The molecule has 5 heteroatoms. The Bertz CT molecular complexity index is 1150. The molecule has 4 aromatic rings. The number of nitrogens with zero attached hydrogens (tertiary/aromatic N) is 2. The highest BCUT2D eigenvalue weighted by atomic mass is 32.1. The fraction of sp³-hybridized carbons (Fsp3) is 0.185. The van der Waals surface area contributed by atoms with Gasteiger partial charge < -0.3 is 5.32 Å². The maximum Gasteiger partial charge on any atom is 0.238 e. The second-order valence-corrected chi connectivity index (χ2v) is 8.98. The number of hydrogen-bond donors (Lipinski definition) is 1. The van der Waals surface area contributed by atoms with Crippen molar-refractivity contribution in [2.75, 3.05) is 11.9 Å². The van der Waals surface area contributed by atoms with Crippen LogP contribution in [0.2, 0.25) is 0 Å². The lowest BCUT2D eigenvalue weighted by Crippen LogP contribution is -2.30. The highest BCUT2D eigenvalue weighted by Crippen LogP contribution is 2.28. The molecule has 0 saturated carbocycles. The topological polar surface area (TPSA) is 45.2 Å². The van der Waals surface area contributed by atoms with Crippen LogP contribution in [0.4, 0.5) is 5.13 Å². The molecule has 0 saturated heterocycles. The van der Waals surface area contributed by atoms with Crippen molar-refractivity contribution < 1.29 is 4.79 Å². The zero-order valence-corrected chi connectivity index (χ0v) is 18.6. The summed E-state index contributed by atoms with van der Waals surface area (Å²) in [6.07, 6.45) is 1.07. The normalized spacial score (nSPS) is 13.7. The third kappa shape index (κ3) is 4.64. The maximum absolute atomic E-state index is 13.3. The van der Waals surface area contributed by atoms with Gasteiger partial charge in [0.2, 0.25) is 5.91 Å². The van der Waals surface area contributed by atoms with Crippen molar-refractivity contribution in [3.8, 4) is 0 Å². The van der Waals surface area contributed by atoms with E-state index in [1.165, 1.54) is 22.5 Å². The lowest BCUT2D eigenvalue weighted by atomic mass is 9.90. The highest BCUT2D eigenvalue weighted by Gasteiger charge is 2.24. The number of amides is 1. The quantitative estimate of drug-likeness (QED) is 0.433. The molecule has 1 amide bonds. The largest absolute Gasteiger partial charge is 0.301 e. The molecule has 3 aromatic carbocycles. The van der Waals surface area contributed by atoms with Gasteiger partial charge in [-0.15, -0.1) is 11.3 Å². The molecule has 5 rings (SSSR count). The summed E-state index contributed by atoms with van der Waals surface area (Å²) in [7, 11) is 0. The average Bonchev–Trinajstić information content (AvgIpc) is 3.27. The Morgan fingerprint density at radius 1 is 0.906 bits per heavy atom. The smallest absolute Gasteiger partial charge is 0.238 e. The molecule has 4 nitrogen and oxygen atoms in total. The summed E-state index contributed by atoms with van der Waals surface area (Å²) >= 11 is 1.49. The number of carbonyl (C=O) groups is 1. The fourth-order valence-corrected chi connectivity index (χ4v) is 5.02. The summed E-state index contributed by atoms with van der Waals surface area (Å²) in [6.45, 7) is 2.77. The molecule has 0 unspecified atom stereocenters. The molecule has 32 heavy (non-hydrogen) atoms. The number of aromatic nitrogens is 1. The number of benzene rings is 3. The molecule has 0 aliphatic carbocycles. The number of hydrogen-bond acceptors (Lipinski definition) is 4. The van der Waals surface area contributed by atoms with E-state index in [-0.39, 0.29) is 11.8 Å². The second-order valence-electron chi connectivity index (χ2n) is 8.12. The zero-order chi connectivity index (χ0) is 21.8. The van der Waals surface area contributed by atoms with Crippen LogP contribution in [-0.4, -0.2) is 22.3 Å². The molecule has 0 fully saturated rings. The second kappa shape index (κ2) is 9.47. The molecule has 0 radical (unpaired) electrons. The first kappa shape index (κ1) is 20.6. The van der Waals surface area contributed by atoms with E-state index in [4.69, 9.17) is 4.98 Å². The van der Waals surface area contributed by atoms with Crippen molar-refractivity contribution >= 4 is 22.4 Å². The van der Waals surface area contributed by atoms with Crippen molar-refractivity contribution in [2.45, 2.75) is 25.4 Å². The van der Waals surface area contributed by atoms with E-state index in [0.29, 0.717) is 5.13 Å². The molecular weight excluding hydrogens is 414 g/mol. The number of carbonyl (C=O) groups excluding carboxylic acids is 1. The minimum Gasteiger partial charge on any atom is -0.301 e. The van der Waals surface area contributed by atoms with Crippen LogP contribution in [0.5, 0.6) is 0 Å². The van der Waals surface area contributed by atoms with Gasteiger partial charge in [0.25, 0.3) is 0 Å². The van der Waals surface area contributed by atoms with Crippen LogP contribution in [0.15, 0.2) is 90.3 Å². The Morgan fingerprint density at radius 2 is 1.53 bits per heavy atom. The van der Waals surface area contributed by atoms with E-state index < -0.39 is 0 Å². The van der Waals surface area contributed by atoms with E-state index in [0.717, 1.165) is 42.9 Å². The molecule has 1 aromatic heterocycles. The van der Waals surface area contributed by atoms with Crippen LogP contribution in [0.1, 0.15) is 33.9 Å². The summed E-state index contributed by atoms with van der Waals surface area (Å²) in [5, 5.41) is 5.77. The Balaban J connectivity index is 1.28. The first-order chi connectivity index (χ1) is 15.8. The van der Waals surface area contributed by atoms with Gasteiger partial charge in [0.05, 0.1) is 11.6 Å². The maximum atomic E-state index is 13.3. The number of rotatable bonds is 6. The van der Waals surface area contributed by atoms with Gasteiger partial charge in [-0.1, -0.05) is 84.9 Å².